The molecule has 1 aliphatic carbocycles. The molecule has 0 aliphatic heterocycles. The van der Waals surface area contributed by atoms with Gasteiger partial charge in [-0.25, -0.2) is 0 Å². The van der Waals surface area contributed by atoms with Crippen LogP contribution >= 0.6 is 0 Å². The summed E-state index contributed by atoms with van der Waals surface area (Å²) < 4.78 is 34.9. The van der Waals surface area contributed by atoms with E-state index in [2.05, 4.69) is 20.0 Å². The minimum atomic E-state index is -2.91. The van der Waals surface area contributed by atoms with E-state index in [9.17, 15) is 8.78 Å². The number of anilines is 1. The summed E-state index contributed by atoms with van der Waals surface area (Å²) in [4.78, 5) is 8.26. The summed E-state index contributed by atoms with van der Waals surface area (Å²) in [5.41, 5.74) is 0.989. The van der Waals surface area contributed by atoms with E-state index in [0.717, 1.165) is 18.4 Å². The molecule has 0 saturated heterocycles. The van der Waals surface area contributed by atoms with Gasteiger partial charge in [-0.05, 0) is 42.5 Å². The highest BCUT2D eigenvalue weighted by atomic mass is 19.3. The van der Waals surface area contributed by atoms with Crippen LogP contribution in [0.4, 0.5) is 14.6 Å². The van der Waals surface area contributed by atoms with Crippen LogP contribution in [0.3, 0.4) is 0 Å². The van der Waals surface area contributed by atoms with Crippen molar-refractivity contribution in [1.29, 1.82) is 0 Å². The molecule has 0 radical (unpaired) electrons. The Kier molecular flexibility index (Phi) is 4.85. The molecule has 5 nitrogen and oxygen atoms in total. The molecule has 2 aromatic heterocycles. The zero-order chi connectivity index (χ0) is 16.1. The molecule has 0 spiro atoms. The quantitative estimate of drug-likeness (QED) is 0.807. The van der Waals surface area contributed by atoms with Crippen molar-refractivity contribution >= 4 is 5.82 Å². The molecule has 1 aliphatic rings. The van der Waals surface area contributed by atoms with Crippen molar-refractivity contribution in [2.75, 3.05) is 11.9 Å². The van der Waals surface area contributed by atoms with Gasteiger partial charge in [0.1, 0.15) is 5.82 Å². The van der Waals surface area contributed by atoms with Gasteiger partial charge in [-0.2, -0.15) is 13.8 Å². The normalized spacial score (nSPS) is 13.9. The van der Waals surface area contributed by atoms with Crippen LogP contribution in [-0.2, 0) is 6.54 Å². The zero-order valence-corrected chi connectivity index (χ0v) is 12.4. The molecule has 1 fully saturated rings. The predicted octanol–water partition coefficient (Wildman–Crippen LogP) is 3.48. The van der Waals surface area contributed by atoms with Crippen LogP contribution in [0.15, 0.2) is 36.7 Å². The Balaban J connectivity index is 1.68. The Hall–Kier alpha value is -2.44. The molecule has 1 N–H and O–H groups in total. The van der Waals surface area contributed by atoms with Crippen LogP contribution in [-0.4, -0.2) is 23.2 Å². The fraction of sp³-hybridized carbons (Fsp3) is 0.375. The van der Waals surface area contributed by atoms with Crippen LogP contribution in [0.5, 0.6) is 11.6 Å². The molecule has 0 atom stereocenters. The maximum absolute atomic E-state index is 12.5. The summed E-state index contributed by atoms with van der Waals surface area (Å²) in [6, 6.07) is 6.79. The lowest BCUT2D eigenvalue weighted by molar-refractivity contribution is -0.0519. The molecule has 7 heteroatoms. The third kappa shape index (κ3) is 4.77. The van der Waals surface area contributed by atoms with Gasteiger partial charge in [0.2, 0.25) is 0 Å². The molecule has 122 valence electrons. The highest BCUT2D eigenvalue weighted by Gasteiger charge is 2.23. The first-order valence-electron chi connectivity index (χ1n) is 7.42. The topological polar surface area (TPSA) is 56.3 Å². The highest BCUT2D eigenvalue weighted by molar-refractivity contribution is 5.45. The fourth-order valence-electron chi connectivity index (χ4n) is 1.99. The molecular formula is C16H17F2N3O2. The molecule has 0 aromatic carbocycles. The van der Waals surface area contributed by atoms with Gasteiger partial charge in [0, 0.05) is 18.9 Å². The minimum Gasteiger partial charge on any atom is -0.475 e. The van der Waals surface area contributed by atoms with Crippen LogP contribution in [0.1, 0.15) is 18.4 Å². The Morgan fingerprint density at radius 3 is 2.83 bits per heavy atom. The number of rotatable bonds is 8. The van der Waals surface area contributed by atoms with E-state index in [4.69, 9.17) is 4.74 Å². The molecule has 1 saturated carbocycles. The second kappa shape index (κ2) is 7.21. The number of halogens is 2. The van der Waals surface area contributed by atoms with Crippen molar-refractivity contribution in [1.82, 2.24) is 9.97 Å². The van der Waals surface area contributed by atoms with Crippen molar-refractivity contribution < 1.29 is 18.3 Å². The number of pyridine rings is 2. The van der Waals surface area contributed by atoms with Gasteiger partial charge in [-0.1, -0.05) is 6.07 Å². The average Bonchev–Trinajstić information content (AvgIpc) is 3.37. The lowest BCUT2D eigenvalue weighted by Crippen LogP contribution is -2.09. The number of ether oxygens (including phenoxy) is 2. The first-order chi connectivity index (χ1) is 11.2. The smallest absolute Gasteiger partial charge is 0.387 e. The SMILES string of the molecule is FC(F)Oc1ccc(NCc2cccnc2)nc1OCC1CC1. The summed E-state index contributed by atoms with van der Waals surface area (Å²) in [7, 11) is 0. The number of hydrogen-bond donors (Lipinski definition) is 1. The summed E-state index contributed by atoms with van der Waals surface area (Å²) >= 11 is 0. The first-order valence-corrected chi connectivity index (χ1v) is 7.42. The van der Waals surface area contributed by atoms with E-state index in [1.807, 2.05) is 12.1 Å². The summed E-state index contributed by atoms with van der Waals surface area (Å²) in [5.74, 6) is 1.06. The third-order valence-electron chi connectivity index (χ3n) is 3.39. The molecule has 3 rings (SSSR count). The maximum Gasteiger partial charge on any atom is 0.387 e. The van der Waals surface area contributed by atoms with E-state index < -0.39 is 6.61 Å². The molecule has 0 amide bonds. The average molecular weight is 321 g/mol. The van der Waals surface area contributed by atoms with Crippen molar-refractivity contribution in [2.24, 2.45) is 5.92 Å². The fourth-order valence-corrected chi connectivity index (χ4v) is 1.99. The van der Waals surface area contributed by atoms with E-state index in [-0.39, 0.29) is 11.6 Å². The van der Waals surface area contributed by atoms with E-state index in [0.29, 0.717) is 24.9 Å². The third-order valence-corrected chi connectivity index (χ3v) is 3.39. The Morgan fingerprint density at radius 2 is 2.13 bits per heavy atom. The first kappa shape index (κ1) is 15.5. The monoisotopic (exact) mass is 321 g/mol. The number of alkyl halides is 2. The zero-order valence-electron chi connectivity index (χ0n) is 12.4. The molecule has 2 aromatic rings. The van der Waals surface area contributed by atoms with Gasteiger partial charge >= 0.3 is 6.61 Å². The van der Waals surface area contributed by atoms with Crippen LogP contribution < -0.4 is 14.8 Å². The van der Waals surface area contributed by atoms with Gasteiger partial charge < -0.3 is 14.8 Å². The summed E-state index contributed by atoms with van der Waals surface area (Å²) in [5, 5.41) is 3.11. The largest absolute Gasteiger partial charge is 0.475 e. The number of aromatic nitrogens is 2. The Morgan fingerprint density at radius 1 is 1.26 bits per heavy atom. The summed E-state index contributed by atoms with van der Waals surface area (Å²) in [6.07, 6.45) is 5.64. The number of nitrogens with zero attached hydrogens (tertiary/aromatic N) is 2. The number of nitrogens with one attached hydrogen (secondary N) is 1. The van der Waals surface area contributed by atoms with E-state index in [1.54, 1.807) is 18.5 Å². The maximum atomic E-state index is 12.5. The van der Waals surface area contributed by atoms with Crippen molar-refractivity contribution in [3.05, 3.63) is 42.2 Å². The Bertz CT molecular complexity index is 636. The van der Waals surface area contributed by atoms with Gasteiger partial charge in [-0.3, -0.25) is 4.98 Å². The van der Waals surface area contributed by atoms with Crippen LogP contribution in [0.25, 0.3) is 0 Å². The van der Waals surface area contributed by atoms with Crippen LogP contribution in [0.2, 0.25) is 0 Å². The second-order valence-corrected chi connectivity index (χ2v) is 5.35. The lowest BCUT2D eigenvalue weighted by Gasteiger charge is -2.13. The minimum absolute atomic E-state index is 0.0485. The van der Waals surface area contributed by atoms with Gasteiger partial charge in [0.05, 0.1) is 6.61 Å². The Labute approximate surface area is 132 Å². The van der Waals surface area contributed by atoms with Crippen molar-refractivity contribution in [3.63, 3.8) is 0 Å². The van der Waals surface area contributed by atoms with Gasteiger partial charge in [0.15, 0.2) is 5.75 Å². The van der Waals surface area contributed by atoms with E-state index in [1.165, 1.54) is 6.07 Å². The summed E-state index contributed by atoms with van der Waals surface area (Å²) in [6.45, 7) is -1.91. The lowest BCUT2D eigenvalue weighted by atomic mass is 10.3. The molecular weight excluding hydrogens is 304 g/mol. The molecule has 23 heavy (non-hydrogen) atoms. The molecule has 0 bridgehead atoms. The highest BCUT2D eigenvalue weighted by Crippen LogP contribution is 2.33. The van der Waals surface area contributed by atoms with Crippen molar-refractivity contribution in [2.45, 2.75) is 26.0 Å². The van der Waals surface area contributed by atoms with Gasteiger partial charge in [-0.15, -0.1) is 0 Å². The number of hydrogen-bond acceptors (Lipinski definition) is 5. The van der Waals surface area contributed by atoms with Crippen LogP contribution in [0, 0.1) is 5.92 Å². The standard InChI is InChI=1S/C16H17F2N3O2/c17-16(18)23-13-5-6-14(20-9-12-2-1-7-19-8-12)21-15(13)22-10-11-3-4-11/h1-2,5-8,11,16H,3-4,9-10H2,(H,20,21). The van der Waals surface area contributed by atoms with Crippen molar-refractivity contribution in [3.8, 4) is 11.6 Å². The van der Waals surface area contributed by atoms with Gasteiger partial charge in [0.25, 0.3) is 5.88 Å². The second-order valence-electron chi connectivity index (χ2n) is 5.35. The predicted molar refractivity (Wildman–Crippen MR) is 80.7 cm³/mol. The van der Waals surface area contributed by atoms with E-state index >= 15 is 0 Å². The molecule has 0 unspecified atom stereocenters. The molecule has 2 heterocycles.